The summed E-state index contributed by atoms with van der Waals surface area (Å²) in [6, 6.07) is 6.20. The predicted molar refractivity (Wildman–Crippen MR) is 71.6 cm³/mol. The van der Waals surface area contributed by atoms with Gasteiger partial charge in [0.2, 0.25) is 5.91 Å². The van der Waals surface area contributed by atoms with Gasteiger partial charge >= 0.3 is 0 Å². The Balaban J connectivity index is 1.70. The van der Waals surface area contributed by atoms with Crippen molar-refractivity contribution < 1.29 is 14.3 Å². The molecule has 2 atom stereocenters. The second-order valence-corrected chi connectivity index (χ2v) is 5.52. The van der Waals surface area contributed by atoms with Gasteiger partial charge in [0.15, 0.2) is 11.5 Å². The quantitative estimate of drug-likeness (QED) is 0.906. The molecule has 0 radical (unpaired) electrons. The first-order valence-electron chi connectivity index (χ1n) is 6.85. The van der Waals surface area contributed by atoms with Gasteiger partial charge in [-0.25, -0.2) is 0 Å². The summed E-state index contributed by atoms with van der Waals surface area (Å²) in [5.74, 6) is 2.21. The maximum atomic E-state index is 11.9. The number of fused-ring (bicyclic) bond motifs is 1. The van der Waals surface area contributed by atoms with E-state index < -0.39 is 0 Å². The molecule has 1 aliphatic heterocycles. The molecular formula is C15H19NO3. The Morgan fingerprint density at radius 3 is 2.74 bits per heavy atom. The van der Waals surface area contributed by atoms with E-state index in [2.05, 4.69) is 5.32 Å². The van der Waals surface area contributed by atoms with Gasteiger partial charge in [0.25, 0.3) is 0 Å². The standard InChI is InChI=1S/C15H19NO3/c1-9(2)16-15(17)12-8-11(12)10-3-4-13-14(7-10)19-6-5-18-13/h3-4,7,9,11-12H,5-6,8H2,1-2H3,(H,16,17)/t11-,12-/m1/s1. The first kappa shape index (κ1) is 12.3. The van der Waals surface area contributed by atoms with Gasteiger partial charge in [-0.15, -0.1) is 0 Å². The van der Waals surface area contributed by atoms with Crippen molar-refractivity contribution in [3.63, 3.8) is 0 Å². The van der Waals surface area contributed by atoms with Gasteiger partial charge in [0, 0.05) is 12.0 Å². The summed E-state index contributed by atoms with van der Waals surface area (Å²) in [5, 5.41) is 2.97. The van der Waals surface area contributed by atoms with Crippen LogP contribution in [0, 0.1) is 5.92 Å². The van der Waals surface area contributed by atoms with Crippen molar-refractivity contribution in [3.05, 3.63) is 23.8 Å². The number of ether oxygens (including phenoxy) is 2. The summed E-state index contributed by atoms with van der Waals surface area (Å²) in [6.45, 7) is 5.17. The highest BCUT2D eigenvalue weighted by Gasteiger charge is 2.44. The van der Waals surface area contributed by atoms with E-state index in [0.29, 0.717) is 19.1 Å². The number of carbonyl (C=O) groups is 1. The van der Waals surface area contributed by atoms with Crippen LogP contribution in [0.1, 0.15) is 31.7 Å². The Labute approximate surface area is 113 Å². The van der Waals surface area contributed by atoms with Crippen LogP contribution in [-0.4, -0.2) is 25.2 Å². The van der Waals surface area contributed by atoms with Crippen molar-refractivity contribution in [2.75, 3.05) is 13.2 Å². The largest absolute Gasteiger partial charge is 0.486 e. The molecule has 4 nitrogen and oxygen atoms in total. The molecule has 1 aliphatic carbocycles. The second-order valence-electron chi connectivity index (χ2n) is 5.52. The molecule has 1 heterocycles. The van der Waals surface area contributed by atoms with E-state index in [9.17, 15) is 4.79 Å². The van der Waals surface area contributed by atoms with Crippen LogP contribution in [-0.2, 0) is 4.79 Å². The Morgan fingerprint density at radius 1 is 1.26 bits per heavy atom. The lowest BCUT2D eigenvalue weighted by Crippen LogP contribution is -2.31. The van der Waals surface area contributed by atoms with E-state index in [0.717, 1.165) is 17.9 Å². The molecule has 0 bridgehead atoms. The first-order chi connectivity index (χ1) is 9.15. The molecule has 1 aromatic rings. The zero-order valence-corrected chi connectivity index (χ0v) is 11.3. The van der Waals surface area contributed by atoms with E-state index in [4.69, 9.17) is 9.47 Å². The smallest absolute Gasteiger partial charge is 0.223 e. The fourth-order valence-electron chi connectivity index (χ4n) is 2.54. The number of hydrogen-bond acceptors (Lipinski definition) is 3. The van der Waals surface area contributed by atoms with Gasteiger partial charge < -0.3 is 14.8 Å². The molecule has 0 saturated heterocycles. The van der Waals surface area contributed by atoms with Crippen LogP contribution in [0.3, 0.4) is 0 Å². The minimum absolute atomic E-state index is 0.116. The van der Waals surface area contributed by atoms with Crippen molar-refractivity contribution in [2.45, 2.75) is 32.2 Å². The Kier molecular flexibility index (Phi) is 3.09. The van der Waals surface area contributed by atoms with E-state index in [-0.39, 0.29) is 17.9 Å². The molecule has 3 rings (SSSR count). The summed E-state index contributed by atoms with van der Waals surface area (Å²) in [4.78, 5) is 11.9. The fourth-order valence-corrected chi connectivity index (χ4v) is 2.54. The second kappa shape index (κ2) is 4.76. The van der Waals surface area contributed by atoms with Crippen molar-refractivity contribution in [1.82, 2.24) is 5.32 Å². The third kappa shape index (κ3) is 2.53. The molecule has 0 spiro atoms. The molecule has 1 N–H and O–H groups in total. The van der Waals surface area contributed by atoms with Crippen LogP contribution in [0.2, 0.25) is 0 Å². The third-order valence-corrected chi connectivity index (χ3v) is 3.55. The number of rotatable bonds is 3. The van der Waals surface area contributed by atoms with E-state index in [1.807, 2.05) is 32.0 Å². The Morgan fingerprint density at radius 2 is 2.00 bits per heavy atom. The monoisotopic (exact) mass is 261 g/mol. The van der Waals surface area contributed by atoms with Gasteiger partial charge in [-0.2, -0.15) is 0 Å². The highest BCUT2D eigenvalue weighted by atomic mass is 16.6. The fraction of sp³-hybridized carbons (Fsp3) is 0.533. The molecule has 1 aromatic carbocycles. The van der Waals surface area contributed by atoms with Crippen LogP contribution >= 0.6 is 0 Å². The molecule has 102 valence electrons. The lowest BCUT2D eigenvalue weighted by molar-refractivity contribution is -0.122. The molecule has 0 aromatic heterocycles. The maximum absolute atomic E-state index is 11.9. The van der Waals surface area contributed by atoms with Crippen LogP contribution < -0.4 is 14.8 Å². The molecule has 1 saturated carbocycles. The number of carbonyl (C=O) groups excluding carboxylic acids is 1. The SMILES string of the molecule is CC(C)NC(=O)[C@@H]1C[C@@H]1c1ccc2c(c1)OCCO2. The van der Waals surface area contributed by atoms with Crippen molar-refractivity contribution in [1.29, 1.82) is 0 Å². The van der Waals surface area contributed by atoms with Crippen LogP contribution in [0.4, 0.5) is 0 Å². The van der Waals surface area contributed by atoms with Gasteiger partial charge in [-0.3, -0.25) is 4.79 Å². The van der Waals surface area contributed by atoms with Crippen molar-refractivity contribution >= 4 is 5.91 Å². The lowest BCUT2D eigenvalue weighted by Gasteiger charge is -2.18. The summed E-state index contributed by atoms with van der Waals surface area (Å²) >= 11 is 0. The highest BCUT2D eigenvalue weighted by molar-refractivity contribution is 5.83. The minimum atomic E-state index is 0.116. The molecule has 19 heavy (non-hydrogen) atoms. The summed E-state index contributed by atoms with van der Waals surface area (Å²) < 4.78 is 11.1. The molecule has 1 fully saturated rings. The number of amides is 1. The summed E-state index contributed by atoms with van der Waals surface area (Å²) in [6.07, 6.45) is 0.929. The van der Waals surface area contributed by atoms with E-state index in [1.54, 1.807) is 0 Å². The van der Waals surface area contributed by atoms with Crippen molar-refractivity contribution in [3.8, 4) is 11.5 Å². The molecule has 2 aliphatic rings. The zero-order valence-electron chi connectivity index (χ0n) is 11.3. The van der Waals surface area contributed by atoms with Gasteiger partial charge in [0.1, 0.15) is 13.2 Å². The first-order valence-corrected chi connectivity index (χ1v) is 6.85. The lowest BCUT2D eigenvalue weighted by atomic mass is 10.1. The van der Waals surface area contributed by atoms with Gasteiger partial charge in [-0.1, -0.05) is 6.07 Å². The van der Waals surface area contributed by atoms with Crippen molar-refractivity contribution in [2.24, 2.45) is 5.92 Å². The minimum Gasteiger partial charge on any atom is -0.486 e. The van der Waals surface area contributed by atoms with Crippen LogP contribution in [0.5, 0.6) is 11.5 Å². The number of benzene rings is 1. The zero-order chi connectivity index (χ0) is 13.4. The van der Waals surface area contributed by atoms with Gasteiger partial charge in [0.05, 0.1) is 0 Å². The Bertz CT molecular complexity index is 498. The maximum Gasteiger partial charge on any atom is 0.223 e. The average molecular weight is 261 g/mol. The predicted octanol–water partition coefficient (Wildman–Crippen LogP) is 2.09. The van der Waals surface area contributed by atoms with Crippen LogP contribution in [0.25, 0.3) is 0 Å². The number of hydrogen-bond donors (Lipinski definition) is 1. The molecule has 4 heteroatoms. The number of nitrogens with one attached hydrogen (secondary N) is 1. The summed E-state index contributed by atoms with van der Waals surface area (Å²) in [5.41, 5.74) is 1.17. The van der Waals surface area contributed by atoms with Gasteiger partial charge in [-0.05, 0) is 43.9 Å². The van der Waals surface area contributed by atoms with Crippen LogP contribution in [0.15, 0.2) is 18.2 Å². The molecular weight excluding hydrogens is 242 g/mol. The third-order valence-electron chi connectivity index (χ3n) is 3.55. The average Bonchev–Trinajstić information content (AvgIpc) is 3.17. The normalized spacial score (nSPS) is 24.2. The summed E-state index contributed by atoms with van der Waals surface area (Å²) in [7, 11) is 0. The van der Waals surface area contributed by atoms with E-state index in [1.165, 1.54) is 5.56 Å². The highest BCUT2D eigenvalue weighted by Crippen LogP contribution is 2.49. The van der Waals surface area contributed by atoms with E-state index >= 15 is 0 Å². The molecule has 0 unspecified atom stereocenters. The topological polar surface area (TPSA) is 47.6 Å². The molecule has 1 amide bonds. The Hall–Kier alpha value is -1.71.